The molecule has 2 atom stereocenters. The van der Waals surface area contributed by atoms with Crippen molar-refractivity contribution in [3.8, 4) is 0 Å². The summed E-state index contributed by atoms with van der Waals surface area (Å²) in [5, 5.41) is 21.4. The Morgan fingerprint density at radius 2 is 1.78 bits per heavy atom. The zero-order chi connectivity index (χ0) is 27.3. The first-order valence-electron chi connectivity index (χ1n) is 12.4. The number of aliphatic hydroxyl groups excluding tert-OH is 1. The summed E-state index contributed by atoms with van der Waals surface area (Å²) >= 11 is 12.6. The summed E-state index contributed by atoms with van der Waals surface area (Å²) in [5.74, 6) is -1.99. The number of amides is 2. The van der Waals surface area contributed by atoms with Crippen LogP contribution in [0.2, 0.25) is 10.0 Å². The van der Waals surface area contributed by atoms with Crippen molar-refractivity contribution < 1.29 is 24.6 Å². The zero-order valence-corrected chi connectivity index (χ0v) is 22.9. The molecule has 0 spiro atoms. The summed E-state index contributed by atoms with van der Waals surface area (Å²) in [6.07, 6.45) is -0.0266. The fraction of sp³-hybridized carbons (Fsp3) is 0.464. The molecule has 0 saturated carbocycles. The molecule has 7 nitrogen and oxygen atoms in total. The number of aliphatic carboxylic acids is 1. The summed E-state index contributed by atoms with van der Waals surface area (Å²) in [6, 6.07) is 11.9. The molecule has 2 amide bonds. The molecule has 0 bridgehead atoms. The molecule has 0 radical (unpaired) electrons. The van der Waals surface area contributed by atoms with Crippen molar-refractivity contribution in [1.82, 2.24) is 4.90 Å². The number of likely N-dealkylation sites (tertiary alicyclic amines) is 1. The normalized spacial score (nSPS) is 16.8. The van der Waals surface area contributed by atoms with Crippen molar-refractivity contribution in [2.24, 2.45) is 11.3 Å². The topological polar surface area (TPSA) is 98.2 Å². The number of aliphatic hydroxyl groups is 1. The molecule has 0 aliphatic carbocycles. The summed E-state index contributed by atoms with van der Waals surface area (Å²) in [6.45, 7) is 7.00. The lowest BCUT2D eigenvalue weighted by molar-refractivity contribution is -0.146. The molecule has 1 heterocycles. The number of carboxylic acid groups (broad SMARTS) is 1. The Bertz CT molecular complexity index is 1150. The van der Waals surface area contributed by atoms with E-state index in [1.807, 2.05) is 20.8 Å². The standard InChI is InChI=1S/C28H34Cl2N2O5/c1-28(2,3)17-32(25(34)13-12-24(33)31-14-6-7-18(16-31)27(36)37)23-11-10-19(29)15-21(23)26(35)20-8-4-5-9-22(20)30/h4-5,8-11,15,18,26,35H,6-7,12-14,16-17H2,1-3H3,(H,36,37)/t18?,26-/m1/s1. The maximum absolute atomic E-state index is 13.6. The van der Waals surface area contributed by atoms with Gasteiger partial charge < -0.3 is 20.0 Å². The van der Waals surface area contributed by atoms with Crippen LogP contribution >= 0.6 is 23.2 Å². The number of halogens is 2. The van der Waals surface area contributed by atoms with Crippen molar-refractivity contribution in [2.75, 3.05) is 24.5 Å². The largest absolute Gasteiger partial charge is 0.481 e. The van der Waals surface area contributed by atoms with E-state index >= 15 is 0 Å². The predicted molar refractivity (Wildman–Crippen MR) is 145 cm³/mol. The third-order valence-electron chi connectivity index (χ3n) is 6.38. The second-order valence-corrected chi connectivity index (χ2v) is 11.5. The van der Waals surface area contributed by atoms with Gasteiger partial charge in [-0.1, -0.05) is 62.2 Å². The van der Waals surface area contributed by atoms with Gasteiger partial charge in [-0.05, 0) is 42.5 Å². The maximum atomic E-state index is 13.6. The van der Waals surface area contributed by atoms with Crippen LogP contribution in [0.1, 0.15) is 63.7 Å². The minimum absolute atomic E-state index is 0.0260. The Hall–Kier alpha value is -2.61. The average molecular weight is 549 g/mol. The molecule has 1 saturated heterocycles. The highest BCUT2D eigenvalue weighted by molar-refractivity contribution is 6.31. The van der Waals surface area contributed by atoms with E-state index < -0.39 is 18.0 Å². The number of carboxylic acids is 1. The van der Waals surface area contributed by atoms with E-state index in [0.29, 0.717) is 52.8 Å². The number of benzene rings is 2. The molecule has 1 aliphatic heterocycles. The Morgan fingerprint density at radius 3 is 2.43 bits per heavy atom. The molecule has 200 valence electrons. The van der Waals surface area contributed by atoms with E-state index in [-0.39, 0.29) is 36.6 Å². The second-order valence-electron chi connectivity index (χ2n) is 10.7. The summed E-state index contributed by atoms with van der Waals surface area (Å²) < 4.78 is 0. The number of carbonyl (C=O) groups excluding carboxylic acids is 2. The number of hydrogen-bond donors (Lipinski definition) is 2. The highest BCUT2D eigenvalue weighted by Crippen LogP contribution is 2.37. The molecule has 0 aromatic heterocycles. The molecule has 3 rings (SSSR count). The first-order valence-corrected chi connectivity index (χ1v) is 13.2. The molecular formula is C28H34Cl2N2O5. The number of nitrogens with zero attached hydrogens (tertiary/aromatic N) is 2. The number of rotatable bonds is 8. The molecule has 1 fully saturated rings. The minimum atomic E-state index is -1.12. The van der Waals surface area contributed by atoms with Gasteiger partial charge in [-0.3, -0.25) is 14.4 Å². The van der Waals surface area contributed by atoms with Gasteiger partial charge in [0.15, 0.2) is 0 Å². The van der Waals surface area contributed by atoms with Crippen LogP contribution in [0.15, 0.2) is 42.5 Å². The van der Waals surface area contributed by atoms with E-state index in [1.165, 1.54) is 0 Å². The van der Waals surface area contributed by atoms with Crippen LogP contribution in [-0.4, -0.2) is 52.5 Å². The lowest BCUT2D eigenvalue weighted by Crippen LogP contribution is -2.43. The summed E-state index contributed by atoms with van der Waals surface area (Å²) in [7, 11) is 0. The van der Waals surface area contributed by atoms with Crippen LogP contribution in [0.3, 0.4) is 0 Å². The molecule has 2 aromatic rings. The average Bonchev–Trinajstić information content (AvgIpc) is 2.85. The van der Waals surface area contributed by atoms with Crippen molar-refractivity contribution in [1.29, 1.82) is 0 Å². The van der Waals surface area contributed by atoms with Gasteiger partial charge in [-0.25, -0.2) is 0 Å². The van der Waals surface area contributed by atoms with Crippen LogP contribution in [-0.2, 0) is 14.4 Å². The van der Waals surface area contributed by atoms with Gasteiger partial charge in [0, 0.05) is 59.3 Å². The smallest absolute Gasteiger partial charge is 0.308 e. The number of hydrogen-bond acceptors (Lipinski definition) is 4. The predicted octanol–water partition coefficient (Wildman–Crippen LogP) is 5.56. The van der Waals surface area contributed by atoms with Crippen LogP contribution in [0, 0.1) is 11.3 Å². The zero-order valence-electron chi connectivity index (χ0n) is 21.4. The van der Waals surface area contributed by atoms with Crippen LogP contribution in [0.4, 0.5) is 5.69 Å². The molecule has 1 aliphatic rings. The third-order valence-corrected chi connectivity index (χ3v) is 6.96. The third kappa shape index (κ3) is 7.69. The van der Waals surface area contributed by atoms with Crippen LogP contribution in [0.25, 0.3) is 0 Å². The second kappa shape index (κ2) is 12.3. The van der Waals surface area contributed by atoms with E-state index in [1.54, 1.807) is 52.3 Å². The van der Waals surface area contributed by atoms with Gasteiger partial charge >= 0.3 is 5.97 Å². The van der Waals surface area contributed by atoms with Crippen LogP contribution in [0.5, 0.6) is 0 Å². The SMILES string of the molecule is CC(C)(C)CN(C(=O)CCC(=O)N1CCCC(C(=O)O)C1)c1ccc(Cl)cc1[C@H](O)c1ccccc1Cl. The van der Waals surface area contributed by atoms with Crippen molar-refractivity contribution >= 4 is 46.7 Å². The van der Waals surface area contributed by atoms with Gasteiger partial charge in [0.1, 0.15) is 6.10 Å². The molecule has 2 N–H and O–H groups in total. The Morgan fingerprint density at radius 1 is 1.08 bits per heavy atom. The Balaban J connectivity index is 1.86. The fourth-order valence-electron chi connectivity index (χ4n) is 4.55. The van der Waals surface area contributed by atoms with Crippen molar-refractivity contribution in [2.45, 2.75) is 52.6 Å². The lowest BCUT2D eigenvalue weighted by atomic mass is 9.93. The maximum Gasteiger partial charge on any atom is 0.308 e. The van der Waals surface area contributed by atoms with Gasteiger partial charge in [-0.2, -0.15) is 0 Å². The quantitative estimate of drug-likeness (QED) is 0.450. The Labute approximate surface area is 228 Å². The molecular weight excluding hydrogens is 515 g/mol. The minimum Gasteiger partial charge on any atom is -0.481 e. The van der Waals surface area contributed by atoms with E-state index in [0.717, 1.165) is 0 Å². The molecule has 2 aromatic carbocycles. The molecule has 37 heavy (non-hydrogen) atoms. The monoisotopic (exact) mass is 548 g/mol. The molecule has 9 heteroatoms. The van der Waals surface area contributed by atoms with E-state index in [2.05, 4.69) is 0 Å². The fourth-order valence-corrected chi connectivity index (χ4v) is 4.97. The van der Waals surface area contributed by atoms with Gasteiger partial charge in [0.05, 0.1) is 5.92 Å². The van der Waals surface area contributed by atoms with Gasteiger partial charge in [0.2, 0.25) is 11.8 Å². The summed E-state index contributed by atoms with van der Waals surface area (Å²) in [4.78, 5) is 40.9. The first-order chi connectivity index (χ1) is 17.4. The van der Waals surface area contributed by atoms with Crippen molar-refractivity contribution in [3.05, 3.63) is 63.6 Å². The van der Waals surface area contributed by atoms with E-state index in [9.17, 15) is 24.6 Å². The summed E-state index contributed by atoms with van der Waals surface area (Å²) in [5.41, 5.74) is 1.13. The molecule has 1 unspecified atom stereocenters. The first kappa shape index (κ1) is 29.0. The van der Waals surface area contributed by atoms with Crippen molar-refractivity contribution in [3.63, 3.8) is 0 Å². The Kier molecular flexibility index (Phi) is 9.62. The highest BCUT2D eigenvalue weighted by atomic mass is 35.5. The lowest BCUT2D eigenvalue weighted by Gasteiger charge is -2.33. The number of carbonyl (C=O) groups is 3. The van der Waals surface area contributed by atoms with Crippen LogP contribution < -0.4 is 4.90 Å². The highest BCUT2D eigenvalue weighted by Gasteiger charge is 2.30. The van der Waals surface area contributed by atoms with Gasteiger partial charge in [-0.15, -0.1) is 0 Å². The van der Waals surface area contributed by atoms with Gasteiger partial charge in [0.25, 0.3) is 0 Å². The number of piperidine rings is 1. The van der Waals surface area contributed by atoms with E-state index in [4.69, 9.17) is 23.2 Å². The number of anilines is 1.